The zero-order chi connectivity index (χ0) is 15.7. The molecule has 118 valence electrons. The molecule has 0 aromatic heterocycles. The maximum Gasteiger partial charge on any atom is 0.389 e. The first-order valence-corrected chi connectivity index (χ1v) is 6.84. The van der Waals surface area contributed by atoms with Crippen LogP contribution in [0, 0.1) is 0 Å². The highest BCUT2D eigenvalue weighted by Crippen LogP contribution is 2.43. The van der Waals surface area contributed by atoms with Crippen LogP contribution in [0.15, 0.2) is 18.2 Å². The van der Waals surface area contributed by atoms with Crippen LogP contribution >= 0.6 is 0 Å². The quantitative estimate of drug-likeness (QED) is 0.913. The predicted octanol–water partition coefficient (Wildman–Crippen LogP) is 4.00. The lowest BCUT2D eigenvalue weighted by Crippen LogP contribution is -2.38. The van der Waals surface area contributed by atoms with E-state index in [2.05, 4.69) is 0 Å². The van der Waals surface area contributed by atoms with Gasteiger partial charge in [0.05, 0.1) is 13.2 Å². The third-order valence-electron chi connectivity index (χ3n) is 3.73. The molecule has 1 aromatic carbocycles. The lowest BCUT2D eigenvalue weighted by Gasteiger charge is -2.38. The predicted molar refractivity (Wildman–Crippen MR) is 71.5 cm³/mol. The minimum Gasteiger partial charge on any atom is -0.497 e. The van der Waals surface area contributed by atoms with Crippen molar-refractivity contribution < 1.29 is 27.8 Å². The van der Waals surface area contributed by atoms with Crippen molar-refractivity contribution in [2.45, 2.75) is 50.5 Å². The van der Waals surface area contributed by atoms with E-state index < -0.39 is 24.3 Å². The highest BCUT2D eigenvalue weighted by Gasteiger charge is 2.37. The number of hydrogen-bond acceptors (Lipinski definition) is 3. The fourth-order valence-electron chi connectivity index (χ4n) is 2.65. The molecule has 1 aliphatic rings. The molecule has 3 nitrogen and oxygen atoms in total. The van der Waals surface area contributed by atoms with Crippen molar-refractivity contribution in [3.8, 4) is 11.5 Å². The van der Waals surface area contributed by atoms with Crippen LogP contribution in [-0.4, -0.2) is 24.0 Å². The van der Waals surface area contributed by atoms with E-state index in [1.807, 2.05) is 0 Å². The number of rotatable bonds is 4. The molecule has 2 atom stereocenters. The van der Waals surface area contributed by atoms with Crippen LogP contribution in [0.1, 0.15) is 44.3 Å². The third-order valence-corrected chi connectivity index (χ3v) is 3.73. The van der Waals surface area contributed by atoms with Crippen LogP contribution in [0.25, 0.3) is 0 Å². The average molecular weight is 304 g/mol. The number of aliphatic hydroxyl groups excluding tert-OH is 1. The summed E-state index contributed by atoms with van der Waals surface area (Å²) in [5.74, 6) is 1.06. The summed E-state index contributed by atoms with van der Waals surface area (Å²) in [6.07, 6.45) is -5.25. The zero-order valence-corrected chi connectivity index (χ0v) is 12.0. The van der Waals surface area contributed by atoms with Crippen molar-refractivity contribution >= 4 is 0 Å². The summed E-state index contributed by atoms with van der Waals surface area (Å²) >= 11 is 0. The number of fused-ring (bicyclic) bond motifs is 1. The number of hydrogen-bond donors (Lipinski definition) is 1. The van der Waals surface area contributed by atoms with Gasteiger partial charge in [-0.05, 0) is 31.9 Å². The average Bonchev–Trinajstić information content (AvgIpc) is 2.35. The Kier molecular flexibility index (Phi) is 4.37. The fraction of sp³-hybridized carbons (Fsp3) is 0.600. The number of alkyl halides is 3. The number of halogens is 3. The normalized spacial score (nSPS) is 25.1. The standard InChI is InChI=1S/C15H19F3O3/c1-14(6-3-7-15(16,17)18)9-12(19)11-5-4-10(20-2)8-13(11)21-14/h4-5,8,12,19H,3,6-7,9H2,1-2H3/t12-,14?/m1/s1. The molecule has 0 radical (unpaired) electrons. The van der Waals surface area contributed by atoms with Crippen LogP contribution in [0.3, 0.4) is 0 Å². The molecule has 1 unspecified atom stereocenters. The number of ether oxygens (including phenoxy) is 2. The van der Waals surface area contributed by atoms with Gasteiger partial charge in [0.1, 0.15) is 17.1 Å². The van der Waals surface area contributed by atoms with Gasteiger partial charge in [0, 0.05) is 24.5 Å². The summed E-state index contributed by atoms with van der Waals surface area (Å²) < 4.78 is 47.7. The summed E-state index contributed by atoms with van der Waals surface area (Å²) in [7, 11) is 1.52. The minimum absolute atomic E-state index is 0.0218. The molecule has 21 heavy (non-hydrogen) atoms. The van der Waals surface area contributed by atoms with E-state index in [1.54, 1.807) is 25.1 Å². The van der Waals surface area contributed by atoms with Crippen molar-refractivity contribution in [3.63, 3.8) is 0 Å². The fourth-order valence-corrected chi connectivity index (χ4v) is 2.65. The molecule has 1 N–H and O–H groups in total. The maximum absolute atomic E-state index is 12.2. The van der Waals surface area contributed by atoms with Gasteiger partial charge in [-0.2, -0.15) is 13.2 Å². The molecule has 1 aromatic rings. The summed E-state index contributed by atoms with van der Waals surface area (Å²) in [4.78, 5) is 0. The molecule has 0 saturated heterocycles. The van der Waals surface area contributed by atoms with Gasteiger partial charge in [0.25, 0.3) is 0 Å². The highest BCUT2D eigenvalue weighted by atomic mass is 19.4. The van der Waals surface area contributed by atoms with Crippen LogP contribution in [0.2, 0.25) is 0 Å². The van der Waals surface area contributed by atoms with Gasteiger partial charge < -0.3 is 14.6 Å². The van der Waals surface area contributed by atoms with Gasteiger partial charge in [-0.15, -0.1) is 0 Å². The third kappa shape index (κ3) is 4.03. The second-order valence-electron chi connectivity index (χ2n) is 5.64. The molecule has 1 heterocycles. The first-order chi connectivity index (χ1) is 9.72. The Labute approximate surface area is 121 Å². The van der Waals surface area contributed by atoms with Crippen LogP contribution in [-0.2, 0) is 0 Å². The van der Waals surface area contributed by atoms with Gasteiger partial charge in [-0.1, -0.05) is 0 Å². The van der Waals surface area contributed by atoms with Gasteiger partial charge in [0.2, 0.25) is 0 Å². The first-order valence-electron chi connectivity index (χ1n) is 6.84. The van der Waals surface area contributed by atoms with Crippen molar-refractivity contribution in [3.05, 3.63) is 23.8 Å². The Hall–Kier alpha value is -1.43. The van der Waals surface area contributed by atoms with E-state index in [0.29, 0.717) is 17.1 Å². The highest BCUT2D eigenvalue weighted by molar-refractivity contribution is 5.43. The first kappa shape index (κ1) is 15.9. The zero-order valence-electron chi connectivity index (χ0n) is 12.0. The molecule has 0 spiro atoms. The molecule has 1 aliphatic heterocycles. The molecule has 0 amide bonds. The van der Waals surface area contributed by atoms with Crippen LogP contribution < -0.4 is 9.47 Å². The summed E-state index contributed by atoms with van der Waals surface area (Å²) in [6, 6.07) is 5.09. The SMILES string of the molecule is COc1ccc2c(c1)OC(C)(CCCC(F)(F)F)C[C@H]2O. The monoisotopic (exact) mass is 304 g/mol. The van der Waals surface area contributed by atoms with E-state index in [0.717, 1.165) is 0 Å². The summed E-state index contributed by atoms with van der Waals surface area (Å²) in [5.41, 5.74) is -0.159. The van der Waals surface area contributed by atoms with Gasteiger partial charge >= 0.3 is 6.18 Å². The lowest BCUT2D eigenvalue weighted by atomic mass is 9.86. The molecule has 0 fully saturated rings. The number of methoxy groups -OCH3 is 1. The number of aliphatic hydroxyl groups is 1. The second kappa shape index (κ2) is 5.75. The Bertz CT molecular complexity index is 501. The van der Waals surface area contributed by atoms with Crippen LogP contribution in [0.4, 0.5) is 13.2 Å². The van der Waals surface area contributed by atoms with Crippen molar-refractivity contribution in [2.24, 2.45) is 0 Å². The molecule has 2 rings (SSSR count). The van der Waals surface area contributed by atoms with Crippen molar-refractivity contribution in [1.82, 2.24) is 0 Å². The minimum atomic E-state index is -4.16. The van der Waals surface area contributed by atoms with Gasteiger partial charge in [0.15, 0.2) is 0 Å². The van der Waals surface area contributed by atoms with Crippen molar-refractivity contribution in [1.29, 1.82) is 0 Å². The topological polar surface area (TPSA) is 38.7 Å². The second-order valence-corrected chi connectivity index (χ2v) is 5.64. The van der Waals surface area contributed by atoms with E-state index in [4.69, 9.17) is 9.47 Å². The van der Waals surface area contributed by atoms with E-state index in [1.165, 1.54) is 7.11 Å². The maximum atomic E-state index is 12.2. The Morgan fingerprint density at radius 1 is 1.43 bits per heavy atom. The molecule has 0 saturated carbocycles. The summed E-state index contributed by atoms with van der Waals surface area (Å²) in [6.45, 7) is 1.73. The Morgan fingerprint density at radius 2 is 2.14 bits per heavy atom. The lowest BCUT2D eigenvalue weighted by molar-refractivity contribution is -0.138. The van der Waals surface area contributed by atoms with Crippen LogP contribution in [0.5, 0.6) is 11.5 Å². The molecular weight excluding hydrogens is 285 g/mol. The molecule has 0 bridgehead atoms. The molecular formula is C15H19F3O3. The van der Waals surface area contributed by atoms with E-state index >= 15 is 0 Å². The largest absolute Gasteiger partial charge is 0.497 e. The van der Waals surface area contributed by atoms with Gasteiger partial charge in [-0.3, -0.25) is 0 Å². The molecule has 6 heteroatoms. The summed E-state index contributed by atoms with van der Waals surface area (Å²) in [5, 5.41) is 10.2. The smallest absolute Gasteiger partial charge is 0.389 e. The van der Waals surface area contributed by atoms with Gasteiger partial charge in [-0.25, -0.2) is 0 Å². The number of benzene rings is 1. The van der Waals surface area contributed by atoms with E-state index in [-0.39, 0.29) is 19.3 Å². The van der Waals surface area contributed by atoms with Crippen molar-refractivity contribution in [2.75, 3.05) is 7.11 Å². The Morgan fingerprint density at radius 3 is 2.76 bits per heavy atom. The van der Waals surface area contributed by atoms with E-state index in [9.17, 15) is 18.3 Å². The Balaban J connectivity index is 2.10. The molecule has 0 aliphatic carbocycles.